The van der Waals surface area contributed by atoms with Crippen molar-refractivity contribution in [1.29, 1.82) is 0 Å². The minimum atomic E-state index is -0.245. The van der Waals surface area contributed by atoms with Crippen molar-refractivity contribution in [3.8, 4) is 0 Å². The lowest BCUT2D eigenvalue weighted by Crippen LogP contribution is -2.46. The summed E-state index contributed by atoms with van der Waals surface area (Å²) in [5.74, 6) is 0.438. The van der Waals surface area contributed by atoms with Gasteiger partial charge in [0.05, 0.1) is 13.5 Å². The van der Waals surface area contributed by atoms with Crippen molar-refractivity contribution >= 4 is 11.9 Å². The molecule has 26 heavy (non-hydrogen) atoms. The second-order valence-electron chi connectivity index (χ2n) is 7.58. The van der Waals surface area contributed by atoms with Gasteiger partial charge in [-0.3, -0.25) is 9.59 Å². The second kappa shape index (κ2) is 10.3. The number of amides is 1. The summed E-state index contributed by atoms with van der Waals surface area (Å²) < 4.78 is 4.77. The molecule has 0 N–H and O–H groups in total. The van der Waals surface area contributed by atoms with Crippen molar-refractivity contribution in [2.75, 3.05) is 13.7 Å². The second-order valence-corrected chi connectivity index (χ2v) is 7.58. The molecule has 0 saturated heterocycles. The standard InChI is InChI=1S/C22H33NO3/c1-17-11-13-19(14-12-17)8-6-10-21(24)23(16-15-22(25)26-3)20-9-5-4-7-18(20)2/h11-14,18,20H,4-10,15-16H2,1-3H3. The first kappa shape index (κ1) is 20.5. The van der Waals surface area contributed by atoms with Gasteiger partial charge in [0.2, 0.25) is 5.91 Å². The molecule has 1 aromatic rings. The fraction of sp³-hybridized carbons (Fsp3) is 0.636. The molecule has 2 atom stereocenters. The number of hydrogen-bond acceptors (Lipinski definition) is 3. The molecule has 0 heterocycles. The lowest BCUT2D eigenvalue weighted by atomic mass is 9.84. The number of aryl methyl sites for hydroxylation is 2. The molecule has 2 rings (SSSR count). The number of carbonyl (C=O) groups excluding carboxylic acids is 2. The van der Waals surface area contributed by atoms with Crippen molar-refractivity contribution in [1.82, 2.24) is 4.90 Å². The van der Waals surface area contributed by atoms with E-state index < -0.39 is 0 Å². The molecule has 1 amide bonds. The average molecular weight is 360 g/mol. The van der Waals surface area contributed by atoms with Gasteiger partial charge in [-0.05, 0) is 44.1 Å². The summed E-state index contributed by atoms with van der Waals surface area (Å²) in [6.45, 7) is 4.79. The van der Waals surface area contributed by atoms with Gasteiger partial charge in [-0.25, -0.2) is 0 Å². The molecule has 2 unspecified atom stereocenters. The molecule has 4 nitrogen and oxygen atoms in total. The van der Waals surface area contributed by atoms with Crippen LogP contribution in [0.1, 0.15) is 63.0 Å². The van der Waals surface area contributed by atoms with Gasteiger partial charge in [-0.15, -0.1) is 0 Å². The van der Waals surface area contributed by atoms with Gasteiger partial charge in [-0.1, -0.05) is 49.6 Å². The predicted molar refractivity (Wildman–Crippen MR) is 104 cm³/mol. The minimum Gasteiger partial charge on any atom is -0.469 e. The SMILES string of the molecule is COC(=O)CCN(C(=O)CCCc1ccc(C)cc1)C1CCCCC1C. The Kier molecular flexibility index (Phi) is 8.14. The van der Waals surface area contributed by atoms with Crippen LogP contribution in [-0.2, 0) is 20.7 Å². The summed E-state index contributed by atoms with van der Waals surface area (Å²) in [5.41, 5.74) is 2.53. The van der Waals surface area contributed by atoms with Crippen molar-refractivity contribution in [2.24, 2.45) is 5.92 Å². The van der Waals surface area contributed by atoms with E-state index in [0.29, 0.717) is 18.9 Å². The van der Waals surface area contributed by atoms with E-state index in [-0.39, 0.29) is 24.3 Å². The molecule has 1 aliphatic rings. The third kappa shape index (κ3) is 6.15. The van der Waals surface area contributed by atoms with Gasteiger partial charge in [0.1, 0.15) is 0 Å². The van der Waals surface area contributed by atoms with Crippen molar-refractivity contribution in [2.45, 2.75) is 71.3 Å². The van der Waals surface area contributed by atoms with Gasteiger partial charge in [0, 0.05) is 19.0 Å². The highest BCUT2D eigenvalue weighted by molar-refractivity contribution is 5.77. The van der Waals surface area contributed by atoms with Crippen LogP contribution in [0.2, 0.25) is 0 Å². The zero-order valence-corrected chi connectivity index (χ0v) is 16.5. The van der Waals surface area contributed by atoms with Gasteiger partial charge < -0.3 is 9.64 Å². The number of ether oxygens (including phenoxy) is 1. The van der Waals surface area contributed by atoms with Crippen LogP contribution in [0.4, 0.5) is 0 Å². The molecule has 4 heteroatoms. The Bertz CT molecular complexity index is 582. The summed E-state index contributed by atoms with van der Waals surface area (Å²) in [5, 5.41) is 0. The van der Waals surface area contributed by atoms with Gasteiger partial charge >= 0.3 is 5.97 Å². The highest BCUT2D eigenvalue weighted by atomic mass is 16.5. The molecule has 1 aromatic carbocycles. The maximum Gasteiger partial charge on any atom is 0.307 e. The summed E-state index contributed by atoms with van der Waals surface area (Å²) in [7, 11) is 1.40. The first-order chi connectivity index (χ1) is 12.5. The lowest BCUT2D eigenvalue weighted by molar-refractivity contribution is -0.143. The van der Waals surface area contributed by atoms with Crippen LogP contribution >= 0.6 is 0 Å². The Morgan fingerprint density at radius 2 is 1.81 bits per heavy atom. The van der Waals surface area contributed by atoms with Crippen LogP contribution in [0.25, 0.3) is 0 Å². The summed E-state index contributed by atoms with van der Waals surface area (Å²) in [6.07, 6.45) is 7.20. The Hall–Kier alpha value is -1.84. The Labute approximate surface area is 157 Å². The molecule has 1 fully saturated rings. The molecular formula is C22H33NO3. The zero-order valence-electron chi connectivity index (χ0n) is 16.5. The fourth-order valence-electron chi connectivity index (χ4n) is 3.89. The fourth-order valence-corrected chi connectivity index (χ4v) is 3.89. The van der Waals surface area contributed by atoms with Crippen molar-refractivity contribution < 1.29 is 14.3 Å². The Balaban J connectivity index is 1.92. The number of benzene rings is 1. The summed E-state index contributed by atoms with van der Waals surface area (Å²) >= 11 is 0. The van der Waals surface area contributed by atoms with Crippen LogP contribution < -0.4 is 0 Å². The van der Waals surface area contributed by atoms with E-state index >= 15 is 0 Å². The average Bonchev–Trinajstić information content (AvgIpc) is 2.64. The van der Waals surface area contributed by atoms with E-state index in [9.17, 15) is 9.59 Å². The number of carbonyl (C=O) groups is 2. The monoisotopic (exact) mass is 359 g/mol. The molecule has 1 aliphatic carbocycles. The number of esters is 1. The first-order valence-corrected chi connectivity index (χ1v) is 9.93. The molecular weight excluding hydrogens is 326 g/mol. The lowest BCUT2D eigenvalue weighted by Gasteiger charge is -2.38. The number of methoxy groups -OCH3 is 1. The molecule has 0 bridgehead atoms. The zero-order chi connectivity index (χ0) is 18.9. The molecule has 1 saturated carbocycles. The third-order valence-corrected chi connectivity index (χ3v) is 5.55. The van der Waals surface area contributed by atoms with Gasteiger partial charge in [0.25, 0.3) is 0 Å². The Morgan fingerprint density at radius 3 is 2.46 bits per heavy atom. The van der Waals surface area contributed by atoms with E-state index in [1.54, 1.807) is 0 Å². The minimum absolute atomic E-state index is 0.180. The third-order valence-electron chi connectivity index (χ3n) is 5.55. The van der Waals surface area contributed by atoms with Crippen LogP contribution in [0.5, 0.6) is 0 Å². The highest BCUT2D eigenvalue weighted by Crippen LogP contribution is 2.29. The first-order valence-electron chi connectivity index (χ1n) is 9.93. The molecule has 0 aromatic heterocycles. The van der Waals surface area contributed by atoms with E-state index in [4.69, 9.17) is 4.74 Å². The number of hydrogen-bond donors (Lipinski definition) is 0. The van der Waals surface area contributed by atoms with E-state index in [2.05, 4.69) is 38.1 Å². The Morgan fingerprint density at radius 1 is 1.12 bits per heavy atom. The van der Waals surface area contributed by atoms with Crippen LogP contribution in [-0.4, -0.2) is 36.5 Å². The van der Waals surface area contributed by atoms with E-state index in [0.717, 1.165) is 25.7 Å². The summed E-state index contributed by atoms with van der Waals surface area (Å²) in [6, 6.07) is 8.77. The smallest absolute Gasteiger partial charge is 0.307 e. The van der Waals surface area contributed by atoms with Crippen LogP contribution in [0, 0.1) is 12.8 Å². The van der Waals surface area contributed by atoms with Crippen molar-refractivity contribution in [3.05, 3.63) is 35.4 Å². The molecule has 0 radical (unpaired) electrons. The normalized spacial score (nSPS) is 19.8. The molecule has 0 aliphatic heterocycles. The van der Waals surface area contributed by atoms with E-state index in [1.165, 1.54) is 31.1 Å². The largest absolute Gasteiger partial charge is 0.469 e. The quantitative estimate of drug-likeness (QED) is 0.651. The highest BCUT2D eigenvalue weighted by Gasteiger charge is 2.30. The van der Waals surface area contributed by atoms with Gasteiger partial charge in [0.15, 0.2) is 0 Å². The predicted octanol–water partition coefficient (Wildman–Crippen LogP) is 4.29. The maximum atomic E-state index is 12.9. The molecule has 0 spiro atoms. The molecule has 144 valence electrons. The number of rotatable bonds is 8. The topological polar surface area (TPSA) is 46.6 Å². The van der Waals surface area contributed by atoms with E-state index in [1.807, 2.05) is 4.90 Å². The van der Waals surface area contributed by atoms with Crippen molar-refractivity contribution in [3.63, 3.8) is 0 Å². The maximum absolute atomic E-state index is 12.9. The van der Waals surface area contributed by atoms with Gasteiger partial charge in [-0.2, -0.15) is 0 Å². The summed E-state index contributed by atoms with van der Waals surface area (Å²) in [4.78, 5) is 26.4. The van der Waals surface area contributed by atoms with Crippen LogP contribution in [0.15, 0.2) is 24.3 Å². The van der Waals surface area contributed by atoms with Crippen LogP contribution in [0.3, 0.4) is 0 Å². The number of nitrogens with zero attached hydrogens (tertiary/aromatic N) is 1.